The monoisotopic (exact) mass is 336 g/mol. The Kier molecular flexibility index (Phi) is 4.12. The van der Waals surface area contributed by atoms with Crippen LogP contribution in [-0.4, -0.2) is 39.7 Å². The minimum Gasteiger partial charge on any atom is -0.368 e. The maximum atomic E-state index is 11.2. The highest BCUT2D eigenvalue weighted by molar-refractivity contribution is 7.72. The van der Waals surface area contributed by atoms with Crippen molar-refractivity contribution in [2.24, 2.45) is 0 Å². The van der Waals surface area contributed by atoms with Crippen molar-refractivity contribution in [3.8, 4) is 0 Å². The number of aryl methyl sites for hydroxylation is 1. The summed E-state index contributed by atoms with van der Waals surface area (Å²) in [5.74, 6) is 0.261. The first-order chi connectivity index (χ1) is 9.54. The Morgan fingerprint density at radius 1 is 1.10 bits per heavy atom. The zero-order chi connectivity index (χ0) is 15.9. The van der Waals surface area contributed by atoms with Crippen molar-refractivity contribution in [3.05, 3.63) is 30.1 Å². The molecule has 0 aliphatic carbocycles. The summed E-state index contributed by atoms with van der Waals surface area (Å²) in [6.45, 7) is 0. The number of H-pyrrole nitrogens is 1. The highest BCUT2D eigenvalue weighted by Crippen LogP contribution is 2.69. The molecule has 1 aromatic carbocycles. The van der Waals surface area contributed by atoms with Gasteiger partial charge in [-0.3, -0.25) is 9.13 Å². The van der Waals surface area contributed by atoms with Gasteiger partial charge in [-0.2, -0.15) is 0 Å². The lowest BCUT2D eigenvalue weighted by atomic mass is 10.3. The Hall–Kier alpha value is -1.05. The van der Waals surface area contributed by atoms with Crippen molar-refractivity contribution in [1.29, 1.82) is 0 Å². The molecule has 0 bridgehead atoms. The third-order valence-corrected chi connectivity index (χ3v) is 6.95. The molecule has 0 aliphatic heterocycles. The fraction of sp³-hybridized carbons (Fsp3) is 0.300. The Bertz CT molecular complexity index is 692. The van der Waals surface area contributed by atoms with Crippen molar-refractivity contribution < 1.29 is 33.8 Å². The summed E-state index contributed by atoms with van der Waals surface area (Å²) in [5.41, 5.74) is 1.27. The lowest BCUT2D eigenvalue weighted by Crippen LogP contribution is -2.29. The zero-order valence-electron chi connectivity index (χ0n) is 10.6. The molecule has 0 aliphatic rings. The molecule has 2 rings (SSSR count). The van der Waals surface area contributed by atoms with E-state index in [9.17, 15) is 14.2 Å². The van der Waals surface area contributed by atoms with Crippen LogP contribution in [-0.2, 0) is 15.6 Å². The van der Waals surface area contributed by atoms with Crippen LogP contribution in [0, 0.1) is 0 Å². The number of imidazole rings is 1. The second-order valence-electron chi connectivity index (χ2n) is 4.56. The highest BCUT2D eigenvalue weighted by Gasteiger charge is 2.58. The van der Waals surface area contributed by atoms with E-state index in [2.05, 4.69) is 9.97 Å². The van der Waals surface area contributed by atoms with Gasteiger partial charge in [0.05, 0.1) is 11.0 Å². The lowest BCUT2D eigenvalue weighted by Gasteiger charge is -2.28. The molecule has 1 aromatic heterocycles. The number of hydrogen-bond acceptors (Lipinski definition) is 4. The topological polar surface area (TPSA) is 164 Å². The van der Waals surface area contributed by atoms with Crippen LogP contribution in [0.15, 0.2) is 24.3 Å². The average Bonchev–Trinajstić information content (AvgIpc) is 2.75. The van der Waals surface area contributed by atoms with Gasteiger partial charge in [-0.05, 0) is 12.1 Å². The number of benzene rings is 1. The number of hydrogen-bond donors (Lipinski definition) is 6. The third kappa shape index (κ3) is 3.09. The number of fused-ring (bicyclic) bond motifs is 1. The number of rotatable bonds is 5. The van der Waals surface area contributed by atoms with Crippen molar-refractivity contribution in [2.75, 3.05) is 0 Å². The molecular weight excluding hydrogens is 322 g/mol. The lowest BCUT2D eigenvalue weighted by molar-refractivity contribution is 0.123. The molecule has 21 heavy (non-hydrogen) atoms. The highest BCUT2D eigenvalue weighted by atomic mass is 31.2. The fourth-order valence-electron chi connectivity index (χ4n) is 1.87. The summed E-state index contributed by atoms with van der Waals surface area (Å²) >= 11 is 0. The predicted octanol–water partition coefficient (Wildman–Crippen LogP) is 0.497. The number of aromatic amines is 1. The van der Waals surface area contributed by atoms with Crippen molar-refractivity contribution in [2.45, 2.75) is 17.9 Å². The molecule has 0 spiro atoms. The minimum absolute atomic E-state index is 0.235. The van der Waals surface area contributed by atoms with E-state index >= 15 is 0 Å². The van der Waals surface area contributed by atoms with Crippen LogP contribution in [0.1, 0.15) is 12.2 Å². The second kappa shape index (κ2) is 5.30. The molecule has 0 saturated heterocycles. The van der Waals surface area contributed by atoms with Gasteiger partial charge in [-0.15, -0.1) is 0 Å². The van der Waals surface area contributed by atoms with Gasteiger partial charge in [0.25, 0.3) is 5.08 Å². The van der Waals surface area contributed by atoms with E-state index in [0.717, 1.165) is 0 Å². The molecule has 2 aromatic rings. The van der Waals surface area contributed by atoms with Gasteiger partial charge in [-0.1, -0.05) is 12.1 Å². The smallest absolute Gasteiger partial charge is 0.368 e. The Morgan fingerprint density at radius 3 is 2.19 bits per heavy atom. The number of nitrogens with one attached hydrogen (secondary N) is 1. The molecule has 0 atom stereocenters. The molecule has 11 heteroatoms. The molecule has 0 unspecified atom stereocenters. The van der Waals surface area contributed by atoms with Gasteiger partial charge >= 0.3 is 15.2 Å². The first-order valence-electron chi connectivity index (χ1n) is 5.82. The first-order valence-corrected chi connectivity index (χ1v) is 9.04. The summed E-state index contributed by atoms with van der Waals surface area (Å²) in [6, 6.07) is 6.93. The van der Waals surface area contributed by atoms with Crippen LogP contribution in [0.5, 0.6) is 0 Å². The molecule has 1 heterocycles. The molecule has 6 N–H and O–H groups in total. The largest absolute Gasteiger partial charge is 0.369 e. The van der Waals surface area contributed by atoms with Crippen LogP contribution < -0.4 is 0 Å². The van der Waals surface area contributed by atoms with Crippen molar-refractivity contribution in [1.82, 2.24) is 9.97 Å². The maximum Gasteiger partial charge on any atom is 0.369 e. The molecular formula is C10H14N2O7P2. The number of para-hydroxylation sites is 2. The summed E-state index contributed by atoms with van der Waals surface area (Å²) in [6.07, 6.45) is -1.07. The molecule has 9 nitrogen and oxygen atoms in total. The molecule has 0 radical (unpaired) electrons. The van der Waals surface area contributed by atoms with Crippen LogP contribution in [0.3, 0.4) is 0 Å². The van der Waals surface area contributed by atoms with Gasteiger partial charge in [0.15, 0.2) is 0 Å². The summed E-state index contributed by atoms with van der Waals surface area (Å²) in [4.78, 5) is 43.1. The third-order valence-electron chi connectivity index (χ3n) is 3.07. The second-order valence-corrected chi connectivity index (χ2v) is 8.57. The molecule has 0 amide bonds. The van der Waals surface area contributed by atoms with Crippen LogP contribution in [0.25, 0.3) is 11.0 Å². The number of aliphatic hydroxyl groups is 1. The molecule has 0 saturated carbocycles. The zero-order valence-corrected chi connectivity index (χ0v) is 12.4. The van der Waals surface area contributed by atoms with E-state index in [0.29, 0.717) is 11.0 Å². The predicted molar refractivity (Wildman–Crippen MR) is 73.5 cm³/mol. The minimum atomic E-state index is -5.43. The van der Waals surface area contributed by atoms with Gasteiger partial charge in [0.1, 0.15) is 5.82 Å². The van der Waals surface area contributed by atoms with E-state index in [1.807, 2.05) is 0 Å². The van der Waals surface area contributed by atoms with Gasteiger partial charge in [0, 0.05) is 12.8 Å². The van der Waals surface area contributed by atoms with E-state index in [1.54, 1.807) is 24.3 Å². The normalized spacial score (nSPS) is 13.8. The van der Waals surface area contributed by atoms with E-state index < -0.39 is 26.7 Å². The van der Waals surface area contributed by atoms with E-state index in [1.165, 1.54) is 0 Å². The van der Waals surface area contributed by atoms with Gasteiger partial charge in [-0.25, -0.2) is 4.98 Å². The summed E-state index contributed by atoms with van der Waals surface area (Å²) in [5, 5.41) is 6.33. The number of aromatic nitrogens is 2. The quantitative estimate of drug-likeness (QED) is 0.430. The van der Waals surface area contributed by atoms with Crippen molar-refractivity contribution >= 4 is 26.2 Å². The van der Waals surface area contributed by atoms with E-state index in [4.69, 9.17) is 19.6 Å². The van der Waals surface area contributed by atoms with Crippen LogP contribution in [0.2, 0.25) is 0 Å². The van der Waals surface area contributed by atoms with Crippen LogP contribution >= 0.6 is 15.2 Å². The maximum absolute atomic E-state index is 11.2. The Balaban J connectivity index is 2.27. The average molecular weight is 336 g/mol. The first kappa shape index (κ1) is 16.3. The fourth-order valence-corrected chi connectivity index (χ4v) is 4.03. The van der Waals surface area contributed by atoms with Gasteiger partial charge in [0.2, 0.25) is 0 Å². The Morgan fingerprint density at radius 2 is 1.67 bits per heavy atom. The van der Waals surface area contributed by atoms with Gasteiger partial charge < -0.3 is 29.7 Å². The summed E-state index contributed by atoms with van der Waals surface area (Å²) in [7, 11) is -10.9. The van der Waals surface area contributed by atoms with Crippen molar-refractivity contribution in [3.63, 3.8) is 0 Å². The summed E-state index contributed by atoms with van der Waals surface area (Å²) < 4.78 is 22.4. The molecule has 0 fully saturated rings. The SMILES string of the molecule is O=P(O)(O)C(O)(CCc1nc2ccccc2[nH]1)P(=O)(O)O. The number of nitrogens with zero attached hydrogens (tertiary/aromatic N) is 1. The van der Waals surface area contributed by atoms with E-state index in [-0.39, 0.29) is 12.2 Å². The standard InChI is InChI=1S/C10H14N2O7P2/c13-10(20(14,15)16,21(17,18)19)6-5-9-11-7-3-1-2-4-8(7)12-9/h1-4,13H,5-6H2,(H,11,12)(H2,14,15,16)(H2,17,18,19). The Labute approximate surface area is 119 Å². The van der Waals surface area contributed by atoms with Crippen LogP contribution in [0.4, 0.5) is 0 Å². The molecule has 116 valence electrons.